The van der Waals surface area contributed by atoms with Crippen molar-refractivity contribution in [1.82, 2.24) is 24.5 Å². The van der Waals surface area contributed by atoms with Crippen LogP contribution in [0.25, 0.3) is 22.3 Å². The smallest absolute Gasteiger partial charge is 0.159 e. The molecule has 0 radical (unpaired) electrons. The topological polar surface area (TPSA) is 75.0 Å². The highest BCUT2D eigenvalue weighted by molar-refractivity contribution is 7.99. The SMILES string of the molecule is CCCCSc1cc2cc(OCc3cnc(C)cn3)ccc2n1Cc1ccc(-c2ncc(OC)cn2)cc1. The molecule has 0 aliphatic rings. The number of benzene rings is 2. The lowest BCUT2D eigenvalue weighted by atomic mass is 10.1. The molecule has 0 saturated carbocycles. The Bertz CT molecular complexity index is 1480. The monoisotopic (exact) mass is 525 g/mol. The number of methoxy groups -OCH3 is 1. The normalized spacial score (nSPS) is 11.1. The molecule has 0 N–H and O–H groups in total. The van der Waals surface area contributed by atoms with Crippen molar-refractivity contribution in [3.63, 3.8) is 0 Å². The second-order valence-electron chi connectivity index (χ2n) is 9.07. The number of thioether (sulfide) groups is 1. The fourth-order valence-electron chi connectivity index (χ4n) is 4.08. The van der Waals surface area contributed by atoms with Gasteiger partial charge in [0.05, 0.1) is 42.1 Å². The first-order valence-corrected chi connectivity index (χ1v) is 13.7. The van der Waals surface area contributed by atoms with Crippen molar-refractivity contribution in [2.75, 3.05) is 12.9 Å². The van der Waals surface area contributed by atoms with Crippen LogP contribution in [0.4, 0.5) is 0 Å². The number of aromatic nitrogens is 5. The van der Waals surface area contributed by atoms with E-state index in [9.17, 15) is 0 Å². The van der Waals surface area contributed by atoms with Crippen LogP contribution in [0, 0.1) is 6.92 Å². The van der Waals surface area contributed by atoms with Gasteiger partial charge < -0.3 is 14.0 Å². The lowest BCUT2D eigenvalue weighted by Gasteiger charge is -2.12. The van der Waals surface area contributed by atoms with E-state index in [-0.39, 0.29) is 0 Å². The highest BCUT2D eigenvalue weighted by atomic mass is 32.2. The molecule has 3 heterocycles. The molecule has 7 nitrogen and oxygen atoms in total. The first kappa shape index (κ1) is 25.7. The minimum Gasteiger partial charge on any atom is -0.494 e. The quantitative estimate of drug-likeness (QED) is 0.140. The summed E-state index contributed by atoms with van der Waals surface area (Å²) in [5.74, 6) is 3.25. The van der Waals surface area contributed by atoms with Gasteiger partial charge in [-0.2, -0.15) is 0 Å². The predicted molar refractivity (Wildman–Crippen MR) is 152 cm³/mol. The fourth-order valence-corrected chi connectivity index (χ4v) is 5.25. The number of rotatable bonds is 11. The lowest BCUT2D eigenvalue weighted by molar-refractivity contribution is 0.301. The third kappa shape index (κ3) is 6.14. The number of fused-ring (bicyclic) bond motifs is 1. The summed E-state index contributed by atoms with van der Waals surface area (Å²) < 4.78 is 13.6. The summed E-state index contributed by atoms with van der Waals surface area (Å²) in [6, 6.07) is 17.0. The van der Waals surface area contributed by atoms with Gasteiger partial charge in [0.25, 0.3) is 0 Å². The van der Waals surface area contributed by atoms with Gasteiger partial charge in [-0.25, -0.2) is 9.97 Å². The van der Waals surface area contributed by atoms with Crippen molar-refractivity contribution < 1.29 is 9.47 Å². The van der Waals surface area contributed by atoms with Crippen LogP contribution in [0.15, 0.2) is 78.3 Å². The van der Waals surface area contributed by atoms with Gasteiger partial charge in [-0.05, 0) is 48.9 Å². The van der Waals surface area contributed by atoms with Crippen molar-refractivity contribution in [2.45, 2.75) is 44.9 Å². The molecule has 0 fully saturated rings. The van der Waals surface area contributed by atoms with E-state index in [4.69, 9.17) is 9.47 Å². The van der Waals surface area contributed by atoms with E-state index in [1.54, 1.807) is 31.9 Å². The Balaban J connectivity index is 1.36. The first-order chi connectivity index (χ1) is 18.6. The van der Waals surface area contributed by atoms with Crippen LogP contribution >= 0.6 is 11.8 Å². The Hall–Kier alpha value is -3.91. The minimum absolute atomic E-state index is 0.391. The molecule has 0 amide bonds. The van der Waals surface area contributed by atoms with Gasteiger partial charge in [0, 0.05) is 29.2 Å². The van der Waals surface area contributed by atoms with E-state index in [2.05, 4.69) is 73.9 Å². The van der Waals surface area contributed by atoms with Crippen molar-refractivity contribution in [1.29, 1.82) is 0 Å². The summed E-state index contributed by atoms with van der Waals surface area (Å²) >= 11 is 1.91. The highest BCUT2D eigenvalue weighted by Gasteiger charge is 2.12. The van der Waals surface area contributed by atoms with Crippen molar-refractivity contribution in [3.8, 4) is 22.9 Å². The Morgan fingerprint density at radius 3 is 2.39 bits per heavy atom. The zero-order valence-electron chi connectivity index (χ0n) is 21.9. The number of nitrogens with zero attached hydrogens (tertiary/aromatic N) is 5. The number of aryl methyl sites for hydroxylation is 1. The molecule has 0 aliphatic heterocycles. The molecule has 5 rings (SSSR count). The van der Waals surface area contributed by atoms with E-state index >= 15 is 0 Å². The van der Waals surface area contributed by atoms with Crippen molar-refractivity contribution in [2.24, 2.45) is 0 Å². The molecular formula is C30H31N5O2S. The standard InChI is InChI=1S/C30H31N5O2S/c1-4-5-12-38-29-14-24-13-26(37-20-25-16-31-21(2)15-32-25)10-11-28(24)35(29)19-22-6-8-23(9-7-22)30-33-17-27(36-3)18-34-30/h6-11,13-18H,4-5,12,19-20H2,1-3H3. The van der Waals surface area contributed by atoms with Crippen LogP contribution in [0.1, 0.15) is 36.7 Å². The number of hydrogen-bond acceptors (Lipinski definition) is 7. The van der Waals surface area contributed by atoms with Gasteiger partial charge in [-0.3, -0.25) is 9.97 Å². The molecule has 0 bridgehead atoms. The maximum Gasteiger partial charge on any atom is 0.159 e. The Kier molecular flexibility index (Phi) is 8.19. The zero-order chi connectivity index (χ0) is 26.3. The Labute approximate surface area is 227 Å². The summed E-state index contributed by atoms with van der Waals surface area (Å²) in [4.78, 5) is 17.5. The summed E-state index contributed by atoms with van der Waals surface area (Å²) in [6.45, 7) is 5.32. The fraction of sp³-hybridized carbons (Fsp3) is 0.267. The molecule has 0 saturated heterocycles. The predicted octanol–water partition coefficient (Wildman–Crippen LogP) is 6.72. The molecule has 5 aromatic rings. The lowest BCUT2D eigenvalue weighted by Crippen LogP contribution is -2.02. The third-order valence-electron chi connectivity index (χ3n) is 6.22. The molecule has 0 unspecified atom stereocenters. The Morgan fingerprint density at radius 1 is 0.868 bits per heavy atom. The third-order valence-corrected chi connectivity index (χ3v) is 7.35. The molecule has 0 atom stereocenters. The van der Waals surface area contributed by atoms with Gasteiger partial charge in [-0.1, -0.05) is 37.6 Å². The van der Waals surface area contributed by atoms with E-state index in [0.717, 1.165) is 35.0 Å². The van der Waals surface area contributed by atoms with Gasteiger partial charge in [0.1, 0.15) is 12.4 Å². The average molecular weight is 526 g/mol. The van der Waals surface area contributed by atoms with E-state index in [0.29, 0.717) is 18.2 Å². The summed E-state index contributed by atoms with van der Waals surface area (Å²) in [5.41, 5.74) is 5.09. The summed E-state index contributed by atoms with van der Waals surface area (Å²) in [7, 11) is 1.61. The molecule has 0 aliphatic carbocycles. The van der Waals surface area contributed by atoms with Gasteiger partial charge in [-0.15, -0.1) is 11.8 Å². The Morgan fingerprint density at radius 2 is 1.68 bits per heavy atom. The minimum atomic E-state index is 0.391. The molecular weight excluding hydrogens is 494 g/mol. The van der Waals surface area contributed by atoms with Gasteiger partial charge in [0.2, 0.25) is 0 Å². The summed E-state index contributed by atoms with van der Waals surface area (Å²) in [5, 5.41) is 2.43. The molecule has 194 valence electrons. The molecule has 8 heteroatoms. The van der Waals surface area contributed by atoms with Crippen molar-refractivity contribution >= 4 is 22.7 Å². The maximum absolute atomic E-state index is 6.04. The number of hydrogen-bond donors (Lipinski definition) is 0. The average Bonchev–Trinajstić information content (AvgIpc) is 3.29. The van der Waals surface area contributed by atoms with Crippen LogP contribution in [-0.2, 0) is 13.2 Å². The second kappa shape index (κ2) is 12.1. The maximum atomic E-state index is 6.04. The van der Waals surface area contributed by atoms with E-state index < -0.39 is 0 Å². The zero-order valence-corrected chi connectivity index (χ0v) is 22.7. The van der Waals surface area contributed by atoms with Gasteiger partial charge >= 0.3 is 0 Å². The second-order valence-corrected chi connectivity index (χ2v) is 10.2. The first-order valence-electron chi connectivity index (χ1n) is 12.7. The molecule has 0 spiro atoms. The largest absolute Gasteiger partial charge is 0.494 e. The summed E-state index contributed by atoms with van der Waals surface area (Å²) in [6.07, 6.45) is 9.27. The number of unbranched alkanes of at least 4 members (excludes halogenated alkanes) is 1. The van der Waals surface area contributed by atoms with Crippen LogP contribution in [0.2, 0.25) is 0 Å². The van der Waals surface area contributed by atoms with E-state index in [1.807, 2.05) is 24.8 Å². The van der Waals surface area contributed by atoms with Crippen LogP contribution in [-0.4, -0.2) is 37.4 Å². The van der Waals surface area contributed by atoms with Crippen LogP contribution in [0.5, 0.6) is 11.5 Å². The molecule has 3 aromatic heterocycles. The molecule has 38 heavy (non-hydrogen) atoms. The van der Waals surface area contributed by atoms with Crippen LogP contribution < -0.4 is 9.47 Å². The van der Waals surface area contributed by atoms with E-state index in [1.165, 1.54) is 34.3 Å². The van der Waals surface area contributed by atoms with Gasteiger partial charge in [0.15, 0.2) is 11.6 Å². The highest BCUT2D eigenvalue weighted by Crippen LogP contribution is 2.32. The number of ether oxygens (including phenoxy) is 2. The van der Waals surface area contributed by atoms with Crippen molar-refractivity contribution in [3.05, 3.63) is 90.3 Å². The van der Waals surface area contributed by atoms with Crippen LogP contribution in [0.3, 0.4) is 0 Å². The molecule has 2 aromatic carbocycles.